The molecule has 0 spiro atoms. The molecule has 0 saturated carbocycles. The molecule has 0 N–H and O–H groups in total. The van der Waals surface area contributed by atoms with Gasteiger partial charge in [-0.2, -0.15) is 0 Å². The lowest BCUT2D eigenvalue weighted by Crippen LogP contribution is -1.75. The zero-order valence-corrected chi connectivity index (χ0v) is 12.0. The van der Waals surface area contributed by atoms with Crippen molar-refractivity contribution in [3.63, 3.8) is 0 Å². The number of aromatic nitrogens is 2. The molecule has 6 heteroatoms. The van der Waals surface area contributed by atoms with Crippen molar-refractivity contribution in [2.24, 2.45) is 4.99 Å². The van der Waals surface area contributed by atoms with Crippen molar-refractivity contribution in [2.45, 2.75) is 17.0 Å². The standard InChI is InChI=1S/C10H8N2S2.C3H5NO/c1-3-7-11-9(5-1)13-14-10-6-2-4-8-12-10;1-2-4-3-5/h1-8H;2H2,1H3. The van der Waals surface area contributed by atoms with Crippen LogP contribution in [0.2, 0.25) is 0 Å². The van der Waals surface area contributed by atoms with Gasteiger partial charge in [0, 0.05) is 18.9 Å². The van der Waals surface area contributed by atoms with Crippen LogP contribution in [-0.4, -0.2) is 22.6 Å². The number of pyridine rings is 2. The second-order valence-electron chi connectivity index (χ2n) is 3.07. The maximum atomic E-state index is 9.11. The largest absolute Gasteiger partial charge is 0.249 e. The smallest absolute Gasteiger partial charge is 0.234 e. The molecule has 0 amide bonds. The highest BCUT2D eigenvalue weighted by Gasteiger charge is 1.97. The molecule has 19 heavy (non-hydrogen) atoms. The quantitative estimate of drug-likeness (QED) is 0.489. The topological polar surface area (TPSA) is 55.2 Å². The van der Waals surface area contributed by atoms with Crippen LogP contribution in [0.25, 0.3) is 0 Å². The molecule has 0 unspecified atom stereocenters. The van der Waals surface area contributed by atoms with E-state index >= 15 is 0 Å². The average Bonchev–Trinajstić information content (AvgIpc) is 2.49. The number of carbonyl (C=O) groups excluding carboxylic acids is 1. The number of aliphatic imine (C=N–C) groups is 1. The minimum absolute atomic E-state index is 0.545. The van der Waals surface area contributed by atoms with Gasteiger partial charge in [-0.05, 0) is 52.8 Å². The van der Waals surface area contributed by atoms with E-state index in [0.29, 0.717) is 6.54 Å². The molecule has 0 aliphatic carbocycles. The monoisotopic (exact) mass is 291 g/mol. The fourth-order valence-electron chi connectivity index (χ4n) is 0.943. The predicted molar refractivity (Wildman–Crippen MR) is 78.9 cm³/mol. The third-order valence-electron chi connectivity index (χ3n) is 1.71. The zero-order chi connectivity index (χ0) is 13.8. The first-order chi connectivity index (χ1) is 9.36. The van der Waals surface area contributed by atoms with Crippen LogP contribution in [0.15, 0.2) is 63.8 Å². The van der Waals surface area contributed by atoms with Crippen molar-refractivity contribution in [2.75, 3.05) is 6.54 Å². The summed E-state index contributed by atoms with van der Waals surface area (Å²) >= 11 is 0. The van der Waals surface area contributed by atoms with Gasteiger partial charge < -0.3 is 0 Å². The van der Waals surface area contributed by atoms with Crippen molar-refractivity contribution >= 4 is 27.7 Å². The molecular formula is C13H13N3OS2. The number of hydrogen-bond donors (Lipinski definition) is 0. The van der Waals surface area contributed by atoms with E-state index in [0.717, 1.165) is 10.1 Å². The summed E-state index contributed by atoms with van der Waals surface area (Å²) in [5, 5.41) is 2.01. The molecular weight excluding hydrogens is 278 g/mol. The van der Waals surface area contributed by atoms with Gasteiger partial charge in [-0.3, -0.25) is 0 Å². The molecule has 98 valence electrons. The molecule has 0 bridgehead atoms. The summed E-state index contributed by atoms with van der Waals surface area (Å²) in [4.78, 5) is 20.7. The van der Waals surface area contributed by atoms with Crippen LogP contribution in [0.5, 0.6) is 0 Å². The Labute approximate surface area is 120 Å². The van der Waals surface area contributed by atoms with Gasteiger partial charge >= 0.3 is 0 Å². The number of nitrogens with zero attached hydrogens (tertiary/aromatic N) is 3. The molecule has 2 aromatic rings. The maximum Gasteiger partial charge on any atom is 0.234 e. The van der Waals surface area contributed by atoms with E-state index in [2.05, 4.69) is 15.0 Å². The Bertz CT molecular complexity index is 462. The van der Waals surface area contributed by atoms with Crippen molar-refractivity contribution < 1.29 is 4.79 Å². The predicted octanol–water partition coefficient (Wildman–Crippen LogP) is 3.62. The third kappa shape index (κ3) is 7.41. The Morgan fingerprint density at radius 2 is 1.58 bits per heavy atom. The summed E-state index contributed by atoms with van der Waals surface area (Å²) in [6, 6.07) is 11.8. The molecule has 0 atom stereocenters. The van der Waals surface area contributed by atoms with Gasteiger partial charge in [-0.25, -0.2) is 19.8 Å². The van der Waals surface area contributed by atoms with Gasteiger partial charge in [0.15, 0.2) is 0 Å². The van der Waals surface area contributed by atoms with Gasteiger partial charge in [0.2, 0.25) is 6.08 Å². The molecule has 2 rings (SSSR count). The number of rotatable bonds is 4. The van der Waals surface area contributed by atoms with E-state index in [4.69, 9.17) is 4.79 Å². The zero-order valence-electron chi connectivity index (χ0n) is 10.4. The first-order valence-electron chi connectivity index (χ1n) is 5.57. The minimum Gasteiger partial charge on any atom is -0.249 e. The Hall–Kier alpha value is -1.62. The Morgan fingerprint density at radius 1 is 1.05 bits per heavy atom. The van der Waals surface area contributed by atoms with Gasteiger partial charge in [0.1, 0.15) is 10.1 Å². The summed E-state index contributed by atoms with van der Waals surface area (Å²) in [7, 11) is 3.23. The van der Waals surface area contributed by atoms with E-state index < -0.39 is 0 Å². The normalized spacial score (nSPS) is 8.89. The summed E-state index contributed by atoms with van der Waals surface area (Å²) < 4.78 is 0. The van der Waals surface area contributed by atoms with Crippen LogP contribution < -0.4 is 0 Å². The van der Waals surface area contributed by atoms with Gasteiger partial charge in [0.05, 0.1) is 0 Å². The van der Waals surface area contributed by atoms with E-state index in [1.165, 1.54) is 6.08 Å². The summed E-state index contributed by atoms with van der Waals surface area (Å²) in [6.45, 7) is 2.33. The van der Waals surface area contributed by atoms with Crippen LogP contribution in [0.3, 0.4) is 0 Å². The van der Waals surface area contributed by atoms with Crippen molar-refractivity contribution in [3.8, 4) is 0 Å². The molecule has 2 aromatic heterocycles. The highest BCUT2D eigenvalue weighted by atomic mass is 33.1. The molecule has 0 aromatic carbocycles. The van der Waals surface area contributed by atoms with Crippen molar-refractivity contribution in [3.05, 3.63) is 48.8 Å². The summed E-state index contributed by atoms with van der Waals surface area (Å²) in [5.74, 6) is 0. The highest BCUT2D eigenvalue weighted by molar-refractivity contribution is 8.76. The number of hydrogen-bond acceptors (Lipinski definition) is 6. The second-order valence-corrected chi connectivity index (χ2v) is 5.24. The van der Waals surface area contributed by atoms with Crippen LogP contribution in [0.4, 0.5) is 0 Å². The summed E-state index contributed by atoms with van der Waals surface area (Å²) in [6.07, 6.45) is 4.98. The Balaban J connectivity index is 0.000000312. The molecule has 2 heterocycles. The van der Waals surface area contributed by atoms with Gasteiger partial charge in [-0.15, -0.1) is 0 Å². The highest BCUT2D eigenvalue weighted by Crippen LogP contribution is 2.34. The summed E-state index contributed by atoms with van der Waals surface area (Å²) in [5.41, 5.74) is 0. The average molecular weight is 291 g/mol. The van der Waals surface area contributed by atoms with Crippen LogP contribution in [0.1, 0.15) is 6.92 Å². The molecule has 0 radical (unpaired) electrons. The third-order valence-corrected chi connectivity index (χ3v) is 3.89. The SMILES string of the molecule is CCN=C=O.c1ccc(SSc2ccccn2)nc1. The first-order valence-corrected chi connectivity index (χ1v) is 7.72. The van der Waals surface area contributed by atoms with E-state index in [1.807, 2.05) is 36.4 Å². The van der Waals surface area contributed by atoms with Crippen molar-refractivity contribution in [1.82, 2.24) is 9.97 Å². The first kappa shape index (κ1) is 15.4. The molecule has 0 saturated heterocycles. The van der Waals surface area contributed by atoms with E-state index in [-0.39, 0.29) is 0 Å². The van der Waals surface area contributed by atoms with E-state index in [1.54, 1.807) is 40.9 Å². The van der Waals surface area contributed by atoms with Crippen LogP contribution >= 0.6 is 21.6 Å². The molecule has 0 fully saturated rings. The second kappa shape index (κ2) is 10.3. The maximum absolute atomic E-state index is 9.11. The minimum atomic E-state index is 0.545. The van der Waals surface area contributed by atoms with Gasteiger partial charge in [0.25, 0.3) is 0 Å². The lowest BCUT2D eigenvalue weighted by molar-refractivity contribution is 0.563. The lowest BCUT2D eigenvalue weighted by atomic mass is 10.5. The molecule has 4 nitrogen and oxygen atoms in total. The van der Waals surface area contributed by atoms with Gasteiger partial charge in [-0.1, -0.05) is 12.1 Å². The van der Waals surface area contributed by atoms with E-state index in [9.17, 15) is 0 Å². The number of isocyanates is 1. The lowest BCUT2D eigenvalue weighted by Gasteiger charge is -1.97. The van der Waals surface area contributed by atoms with Crippen LogP contribution in [0, 0.1) is 0 Å². The fraction of sp³-hybridized carbons (Fsp3) is 0.154. The molecule has 0 aliphatic rings. The Morgan fingerprint density at radius 3 is 1.84 bits per heavy atom. The van der Waals surface area contributed by atoms with Crippen molar-refractivity contribution in [1.29, 1.82) is 0 Å². The van der Waals surface area contributed by atoms with Crippen LogP contribution in [-0.2, 0) is 4.79 Å². The molecule has 0 aliphatic heterocycles. The Kier molecular flexibility index (Phi) is 8.38. The fourth-order valence-corrected chi connectivity index (χ4v) is 2.69.